The molecule has 0 spiro atoms. The average molecular weight is 262 g/mol. The lowest BCUT2D eigenvalue weighted by atomic mass is 9.59. The predicted molar refractivity (Wildman–Crippen MR) is 75.5 cm³/mol. The van der Waals surface area contributed by atoms with Crippen LogP contribution in [-0.2, 0) is 9.53 Å². The van der Waals surface area contributed by atoms with E-state index in [4.69, 9.17) is 4.74 Å². The Morgan fingerprint density at radius 3 is 2.63 bits per heavy atom. The van der Waals surface area contributed by atoms with Crippen LogP contribution in [0.5, 0.6) is 0 Å². The minimum Gasteiger partial charge on any atom is -0.462 e. The molecule has 106 valence electrons. The van der Waals surface area contributed by atoms with Crippen LogP contribution in [-0.4, -0.2) is 12.1 Å². The highest BCUT2D eigenvalue weighted by atomic mass is 16.5. The van der Waals surface area contributed by atoms with Crippen molar-refractivity contribution in [1.82, 2.24) is 0 Å². The van der Waals surface area contributed by atoms with Crippen LogP contribution >= 0.6 is 0 Å². The average Bonchev–Trinajstić information content (AvgIpc) is 2.80. The molecule has 3 aliphatic carbocycles. The fourth-order valence-electron chi connectivity index (χ4n) is 5.39. The predicted octanol–water partition coefficient (Wildman–Crippen LogP) is 3.96. The van der Waals surface area contributed by atoms with Gasteiger partial charge in [0.05, 0.1) is 0 Å². The molecule has 0 radical (unpaired) electrons. The number of esters is 1. The maximum atomic E-state index is 11.4. The fraction of sp³-hybridized carbons (Fsp3) is 0.824. The second-order valence-electron chi connectivity index (χ2n) is 7.84. The molecule has 19 heavy (non-hydrogen) atoms. The van der Waals surface area contributed by atoms with Gasteiger partial charge in [0, 0.05) is 12.8 Å². The molecule has 0 aliphatic heterocycles. The third-order valence-electron chi connectivity index (χ3n) is 6.16. The first-order valence-corrected chi connectivity index (χ1v) is 7.61. The summed E-state index contributed by atoms with van der Waals surface area (Å²) in [7, 11) is 0. The zero-order valence-electron chi connectivity index (χ0n) is 12.8. The summed E-state index contributed by atoms with van der Waals surface area (Å²) in [5, 5.41) is 0. The molecule has 0 aromatic rings. The molecule has 0 N–H and O–H groups in total. The molecular formula is C17H26O2. The maximum absolute atomic E-state index is 11.4. The summed E-state index contributed by atoms with van der Waals surface area (Å²) < 4.78 is 5.67. The van der Waals surface area contributed by atoms with Crippen LogP contribution in [0.2, 0.25) is 0 Å². The first-order valence-electron chi connectivity index (χ1n) is 7.61. The van der Waals surface area contributed by atoms with E-state index in [9.17, 15) is 4.79 Å². The number of fused-ring (bicyclic) bond motifs is 3. The minimum atomic E-state index is -0.114. The van der Waals surface area contributed by atoms with Gasteiger partial charge < -0.3 is 4.74 Å². The quantitative estimate of drug-likeness (QED) is 0.528. The summed E-state index contributed by atoms with van der Waals surface area (Å²) in [5.74, 6) is 1.85. The highest BCUT2D eigenvalue weighted by molar-refractivity contribution is 5.66. The van der Waals surface area contributed by atoms with E-state index in [1.807, 2.05) is 0 Å². The fourth-order valence-corrected chi connectivity index (χ4v) is 5.39. The zero-order chi connectivity index (χ0) is 14.0. The first kappa shape index (κ1) is 13.2. The van der Waals surface area contributed by atoms with Gasteiger partial charge >= 0.3 is 5.97 Å². The number of allylic oxidation sites excluding steroid dienone is 2. The molecule has 2 fully saturated rings. The van der Waals surface area contributed by atoms with Crippen molar-refractivity contribution in [3.63, 3.8) is 0 Å². The molecule has 2 unspecified atom stereocenters. The lowest BCUT2D eigenvalue weighted by molar-refractivity contribution is -0.152. The van der Waals surface area contributed by atoms with E-state index in [1.165, 1.54) is 12.8 Å². The molecule has 2 saturated carbocycles. The standard InChI is InChI=1S/C17H26O2/c1-10-7-6-8-17(5)9-12(19-11(2)18)14-15(13(10)17)16(14,3)4/h7,12-15H,6,8-9H2,1-5H3/t12-,13?,14+,15?,17+/m0/s1. The van der Waals surface area contributed by atoms with E-state index in [0.29, 0.717) is 28.6 Å². The van der Waals surface area contributed by atoms with Gasteiger partial charge in [-0.1, -0.05) is 32.4 Å². The Bertz CT molecular complexity index is 448. The van der Waals surface area contributed by atoms with Crippen molar-refractivity contribution < 1.29 is 9.53 Å². The van der Waals surface area contributed by atoms with Gasteiger partial charge in [-0.2, -0.15) is 0 Å². The van der Waals surface area contributed by atoms with Crippen molar-refractivity contribution in [2.24, 2.45) is 28.6 Å². The van der Waals surface area contributed by atoms with Crippen LogP contribution in [0.25, 0.3) is 0 Å². The third kappa shape index (κ3) is 1.79. The minimum absolute atomic E-state index is 0.114. The van der Waals surface area contributed by atoms with Crippen LogP contribution in [0, 0.1) is 28.6 Å². The summed E-state index contributed by atoms with van der Waals surface area (Å²) >= 11 is 0. The summed E-state index contributed by atoms with van der Waals surface area (Å²) in [6.45, 7) is 11.0. The summed E-state index contributed by atoms with van der Waals surface area (Å²) in [5.41, 5.74) is 2.23. The smallest absolute Gasteiger partial charge is 0.302 e. The van der Waals surface area contributed by atoms with Gasteiger partial charge in [-0.05, 0) is 48.9 Å². The summed E-state index contributed by atoms with van der Waals surface area (Å²) in [6, 6.07) is 0. The highest BCUT2D eigenvalue weighted by Crippen LogP contribution is 2.73. The molecule has 0 heterocycles. The monoisotopic (exact) mass is 262 g/mol. The van der Waals surface area contributed by atoms with E-state index < -0.39 is 0 Å². The van der Waals surface area contributed by atoms with Crippen molar-refractivity contribution in [2.45, 2.75) is 60.0 Å². The molecule has 2 heteroatoms. The Morgan fingerprint density at radius 2 is 2.00 bits per heavy atom. The molecule has 5 atom stereocenters. The van der Waals surface area contributed by atoms with Gasteiger partial charge in [0.25, 0.3) is 0 Å². The number of carbonyl (C=O) groups excluding carboxylic acids is 1. The largest absolute Gasteiger partial charge is 0.462 e. The van der Waals surface area contributed by atoms with Crippen molar-refractivity contribution in [2.75, 3.05) is 0 Å². The normalized spacial score (nSPS) is 46.7. The SMILES string of the molecule is CC(=O)O[C@H]1C[C@@]2(C)CCC=C(C)C2C2[C@@H]1C2(C)C. The van der Waals surface area contributed by atoms with Crippen LogP contribution < -0.4 is 0 Å². The van der Waals surface area contributed by atoms with E-state index in [-0.39, 0.29) is 12.1 Å². The molecule has 0 aromatic carbocycles. The van der Waals surface area contributed by atoms with Gasteiger partial charge in [0.2, 0.25) is 0 Å². The Kier molecular flexibility index (Phi) is 2.69. The Labute approximate surface area is 116 Å². The number of carbonyl (C=O) groups is 1. The second kappa shape index (κ2) is 3.86. The number of hydrogen-bond acceptors (Lipinski definition) is 2. The Hall–Kier alpha value is -0.790. The lowest BCUT2D eigenvalue weighted by Crippen LogP contribution is -2.42. The van der Waals surface area contributed by atoms with Crippen LogP contribution in [0.15, 0.2) is 11.6 Å². The number of hydrogen-bond donors (Lipinski definition) is 0. The van der Waals surface area contributed by atoms with E-state index >= 15 is 0 Å². The van der Waals surface area contributed by atoms with Crippen molar-refractivity contribution in [1.29, 1.82) is 0 Å². The molecule has 3 aliphatic rings. The van der Waals surface area contributed by atoms with Gasteiger partial charge in [0.15, 0.2) is 0 Å². The Morgan fingerprint density at radius 1 is 1.32 bits per heavy atom. The highest BCUT2D eigenvalue weighted by Gasteiger charge is 2.71. The first-order chi connectivity index (χ1) is 8.77. The molecule has 0 aromatic heterocycles. The zero-order valence-corrected chi connectivity index (χ0v) is 12.8. The van der Waals surface area contributed by atoms with Crippen molar-refractivity contribution in [3.05, 3.63) is 11.6 Å². The van der Waals surface area contributed by atoms with Crippen LogP contribution in [0.4, 0.5) is 0 Å². The van der Waals surface area contributed by atoms with Crippen LogP contribution in [0.1, 0.15) is 53.9 Å². The van der Waals surface area contributed by atoms with Gasteiger partial charge in [-0.15, -0.1) is 0 Å². The van der Waals surface area contributed by atoms with Gasteiger partial charge in [0.1, 0.15) is 6.10 Å². The molecule has 0 amide bonds. The van der Waals surface area contributed by atoms with Crippen molar-refractivity contribution >= 4 is 5.97 Å². The van der Waals surface area contributed by atoms with Gasteiger partial charge in [-0.25, -0.2) is 0 Å². The third-order valence-corrected chi connectivity index (χ3v) is 6.16. The van der Waals surface area contributed by atoms with E-state index in [0.717, 1.165) is 6.42 Å². The van der Waals surface area contributed by atoms with Gasteiger partial charge in [-0.3, -0.25) is 4.79 Å². The second-order valence-corrected chi connectivity index (χ2v) is 7.84. The molecule has 3 rings (SSSR count). The molecular weight excluding hydrogens is 236 g/mol. The summed E-state index contributed by atoms with van der Waals surface area (Å²) in [4.78, 5) is 11.4. The van der Waals surface area contributed by atoms with Crippen LogP contribution in [0.3, 0.4) is 0 Å². The van der Waals surface area contributed by atoms with Crippen molar-refractivity contribution in [3.8, 4) is 0 Å². The maximum Gasteiger partial charge on any atom is 0.302 e. The Balaban J connectivity index is 1.94. The topological polar surface area (TPSA) is 26.3 Å². The number of rotatable bonds is 1. The number of ether oxygens (including phenoxy) is 1. The van der Waals surface area contributed by atoms with E-state index in [2.05, 4.69) is 33.8 Å². The summed E-state index contributed by atoms with van der Waals surface area (Å²) in [6.07, 6.45) is 6.05. The lowest BCUT2D eigenvalue weighted by Gasteiger charge is -2.47. The molecule has 0 bridgehead atoms. The molecule has 2 nitrogen and oxygen atoms in total. The van der Waals surface area contributed by atoms with E-state index in [1.54, 1.807) is 12.5 Å². The molecule has 0 saturated heterocycles.